The maximum absolute atomic E-state index is 3.51. The zero-order chi connectivity index (χ0) is 14.5. The number of benzene rings is 1. The molecule has 0 radical (unpaired) electrons. The highest BCUT2D eigenvalue weighted by Crippen LogP contribution is 2.28. The Bertz CT molecular complexity index is 423. The lowest BCUT2D eigenvalue weighted by molar-refractivity contribution is 0.171. The summed E-state index contributed by atoms with van der Waals surface area (Å²) in [4.78, 5) is 2.62. The van der Waals surface area contributed by atoms with Crippen molar-refractivity contribution in [3.63, 3.8) is 0 Å². The Morgan fingerprint density at radius 2 is 2.05 bits per heavy atom. The maximum Gasteiger partial charge on any atom is 0.0449 e. The molecule has 112 valence electrons. The minimum atomic E-state index is 0.440. The summed E-state index contributed by atoms with van der Waals surface area (Å²) in [7, 11) is 2.08. The SMILES string of the molecule is CCN(CC1CCC1)CC(NC)c1ccc(C)cc1C. The van der Waals surface area contributed by atoms with Gasteiger partial charge in [0.2, 0.25) is 0 Å². The van der Waals surface area contributed by atoms with Gasteiger partial charge in [-0.2, -0.15) is 0 Å². The molecular weight excluding hydrogens is 244 g/mol. The van der Waals surface area contributed by atoms with Gasteiger partial charge in [0.25, 0.3) is 0 Å². The summed E-state index contributed by atoms with van der Waals surface area (Å²) >= 11 is 0. The quantitative estimate of drug-likeness (QED) is 0.816. The van der Waals surface area contributed by atoms with Crippen molar-refractivity contribution in [1.29, 1.82) is 0 Å². The van der Waals surface area contributed by atoms with Gasteiger partial charge in [0.15, 0.2) is 0 Å². The summed E-state index contributed by atoms with van der Waals surface area (Å²) in [6.45, 7) is 10.2. The zero-order valence-corrected chi connectivity index (χ0v) is 13.6. The topological polar surface area (TPSA) is 15.3 Å². The Morgan fingerprint density at radius 3 is 2.55 bits per heavy atom. The summed E-state index contributed by atoms with van der Waals surface area (Å²) < 4.78 is 0. The normalized spacial score (nSPS) is 17.2. The summed E-state index contributed by atoms with van der Waals surface area (Å²) in [5.41, 5.74) is 4.21. The van der Waals surface area contributed by atoms with Crippen molar-refractivity contribution in [3.8, 4) is 0 Å². The molecule has 0 saturated heterocycles. The molecule has 1 aromatic rings. The number of likely N-dealkylation sites (N-methyl/N-ethyl adjacent to an activating group) is 2. The van der Waals surface area contributed by atoms with Crippen molar-refractivity contribution in [2.45, 2.75) is 46.1 Å². The Morgan fingerprint density at radius 1 is 1.30 bits per heavy atom. The van der Waals surface area contributed by atoms with Crippen molar-refractivity contribution >= 4 is 0 Å². The van der Waals surface area contributed by atoms with E-state index in [-0.39, 0.29) is 0 Å². The molecule has 2 rings (SSSR count). The fourth-order valence-electron chi connectivity index (χ4n) is 3.19. The van der Waals surface area contributed by atoms with Crippen molar-refractivity contribution in [1.82, 2.24) is 10.2 Å². The molecule has 1 aliphatic carbocycles. The van der Waals surface area contributed by atoms with Crippen molar-refractivity contribution in [3.05, 3.63) is 34.9 Å². The number of nitrogens with one attached hydrogen (secondary N) is 1. The molecule has 1 atom stereocenters. The first-order valence-corrected chi connectivity index (χ1v) is 8.10. The molecule has 20 heavy (non-hydrogen) atoms. The third-order valence-electron chi connectivity index (χ3n) is 4.78. The summed E-state index contributed by atoms with van der Waals surface area (Å²) in [6, 6.07) is 7.26. The largest absolute Gasteiger partial charge is 0.312 e. The molecule has 1 N–H and O–H groups in total. The highest BCUT2D eigenvalue weighted by atomic mass is 15.1. The van der Waals surface area contributed by atoms with Gasteiger partial charge in [-0.3, -0.25) is 0 Å². The Kier molecular flexibility index (Phi) is 5.62. The molecule has 1 saturated carbocycles. The summed E-state index contributed by atoms with van der Waals surface area (Å²) in [5, 5.41) is 3.51. The second kappa shape index (κ2) is 7.24. The van der Waals surface area contributed by atoms with Crippen LogP contribution >= 0.6 is 0 Å². The predicted molar refractivity (Wildman–Crippen MR) is 87.2 cm³/mol. The fourth-order valence-corrected chi connectivity index (χ4v) is 3.19. The fraction of sp³-hybridized carbons (Fsp3) is 0.667. The van der Waals surface area contributed by atoms with Crippen LogP contribution in [0.25, 0.3) is 0 Å². The molecule has 0 amide bonds. The predicted octanol–water partition coefficient (Wildman–Crippen LogP) is 3.69. The van der Waals surface area contributed by atoms with Gasteiger partial charge in [-0.1, -0.05) is 37.1 Å². The van der Waals surface area contributed by atoms with Crippen LogP contribution in [0.3, 0.4) is 0 Å². The van der Waals surface area contributed by atoms with E-state index in [0.29, 0.717) is 6.04 Å². The van der Waals surface area contributed by atoms with Gasteiger partial charge in [0, 0.05) is 19.1 Å². The van der Waals surface area contributed by atoms with E-state index < -0.39 is 0 Å². The van der Waals surface area contributed by atoms with Gasteiger partial charge in [0.1, 0.15) is 0 Å². The lowest BCUT2D eigenvalue weighted by Gasteiger charge is -2.34. The first-order valence-electron chi connectivity index (χ1n) is 8.10. The zero-order valence-electron chi connectivity index (χ0n) is 13.6. The lowest BCUT2D eigenvalue weighted by atomic mass is 9.85. The minimum absolute atomic E-state index is 0.440. The van der Waals surface area contributed by atoms with E-state index >= 15 is 0 Å². The number of hydrogen-bond acceptors (Lipinski definition) is 2. The van der Waals surface area contributed by atoms with Crippen LogP contribution in [0.2, 0.25) is 0 Å². The molecule has 0 aromatic heterocycles. The Hall–Kier alpha value is -0.860. The van der Waals surface area contributed by atoms with Crippen molar-refractivity contribution in [2.24, 2.45) is 5.92 Å². The van der Waals surface area contributed by atoms with E-state index in [9.17, 15) is 0 Å². The molecule has 1 aromatic carbocycles. The van der Waals surface area contributed by atoms with Crippen LogP contribution in [0.15, 0.2) is 18.2 Å². The standard InChI is InChI=1S/C18H30N2/c1-5-20(12-16-7-6-8-16)13-18(19-4)17-10-9-14(2)11-15(17)3/h9-11,16,18-19H,5-8,12-13H2,1-4H3. The van der Waals surface area contributed by atoms with Crippen LogP contribution in [0, 0.1) is 19.8 Å². The van der Waals surface area contributed by atoms with Gasteiger partial charge >= 0.3 is 0 Å². The van der Waals surface area contributed by atoms with Crippen LogP contribution in [0.4, 0.5) is 0 Å². The monoisotopic (exact) mass is 274 g/mol. The van der Waals surface area contributed by atoms with Crippen LogP contribution in [0.5, 0.6) is 0 Å². The summed E-state index contributed by atoms with van der Waals surface area (Å²) in [5.74, 6) is 0.951. The molecule has 0 heterocycles. The molecule has 0 aliphatic heterocycles. The van der Waals surface area contributed by atoms with Crippen molar-refractivity contribution < 1.29 is 0 Å². The van der Waals surface area contributed by atoms with Crippen molar-refractivity contribution in [2.75, 3.05) is 26.7 Å². The molecule has 1 aliphatic rings. The van der Waals surface area contributed by atoms with E-state index in [1.807, 2.05) is 0 Å². The molecule has 0 bridgehead atoms. The molecule has 2 heteroatoms. The highest BCUT2D eigenvalue weighted by molar-refractivity contribution is 5.33. The Labute approximate surface area is 124 Å². The third kappa shape index (κ3) is 3.83. The molecule has 0 spiro atoms. The highest BCUT2D eigenvalue weighted by Gasteiger charge is 2.22. The molecule has 1 fully saturated rings. The average Bonchev–Trinajstić information content (AvgIpc) is 2.38. The number of aryl methyl sites for hydroxylation is 2. The van der Waals surface area contributed by atoms with Gasteiger partial charge in [-0.15, -0.1) is 0 Å². The van der Waals surface area contributed by atoms with E-state index in [1.165, 1.54) is 42.5 Å². The van der Waals surface area contributed by atoms with Crippen LogP contribution < -0.4 is 5.32 Å². The second-order valence-corrected chi connectivity index (χ2v) is 6.35. The van der Waals surface area contributed by atoms with E-state index in [0.717, 1.165) is 19.0 Å². The number of rotatable bonds is 7. The van der Waals surface area contributed by atoms with Gasteiger partial charge in [0.05, 0.1) is 0 Å². The molecular formula is C18H30N2. The van der Waals surface area contributed by atoms with Crippen LogP contribution in [0.1, 0.15) is 48.9 Å². The van der Waals surface area contributed by atoms with Crippen LogP contribution in [-0.2, 0) is 0 Å². The van der Waals surface area contributed by atoms with Gasteiger partial charge in [-0.25, -0.2) is 0 Å². The van der Waals surface area contributed by atoms with E-state index in [1.54, 1.807) is 0 Å². The van der Waals surface area contributed by atoms with E-state index in [4.69, 9.17) is 0 Å². The van der Waals surface area contributed by atoms with E-state index in [2.05, 4.69) is 56.2 Å². The van der Waals surface area contributed by atoms with Crippen LogP contribution in [-0.4, -0.2) is 31.6 Å². The number of hydrogen-bond donors (Lipinski definition) is 1. The molecule has 2 nitrogen and oxygen atoms in total. The lowest BCUT2D eigenvalue weighted by Crippen LogP contribution is -2.38. The first-order chi connectivity index (χ1) is 9.63. The van der Waals surface area contributed by atoms with Gasteiger partial charge in [-0.05, 0) is 57.3 Å². The minimum Gasteiger partial charge on any atom is -0.312 e. The smallest absolute Gasteiger partial charge is 0.0449 e. The third-order valence-corrected chi connectivity index (χ3v) is 4.78. The van der Waals surface area contributed by atoms with Gasteiger partial charge < -0.3 is 10.2 Å². The maximum atomic E-state index is 3.51. The molecule has 1 unspecified atom stereocenters. The average molecular weight is 274 g/mol. The second-order valence-electron chi connectivity index (χ2n) is 6.35. The Balaban J connectivity index is 2.02. The summed E-state index contributed by atoms with van der Waals surface area (Å²) in [6.07, 6.45) is 4.31. The number of nitrogens with zero attached hydrogens (tertiary/aromatic N) is 1. The first kappa shape index (κ1) is 15.5.